The molecular weight excluding hydrogens is 270 g/mol. The number of methoxy groups -OCH3 is 1. The summed E-state index contributed by atoms with van der Waals surface area (Å²) in [6.07, 6.45) is 5.49. The molecule has 2 saturated heterocycles. The van der Waals surface area contributed by atoms with E-state index in [4.69, 9.17) is 19.0 Å². The molecule has 0 radical (unpaired) electrons. The van der Waals surface area contributed by atoms with Gasteiger partial charge < -0.3 is 19.3 Å². The summed E-state index contributed by atoms with van der Waals surface area (Å²) >= 11 is 0. The smallest absolute Gasteiger partial charge is 0.244 e. The predicted octanol–water partition coefficient (Wildman–Crippen LogP) is 1.78. The zero-order chi connectivity index (χ0) is 14.3. The first-order valence-corrected chi connectivity index (χ1v) is 8.03. The Morgan fingerprint density at radius 1 is 1.29 bits per heavy atom. The molecule has 0 amide bonds. The topological polar surface area (TPSA) is 69.4 Å². The predicted molar refractivity (Wildman–Crippen MR) is 74.6 cm³/mol. The minimum absolute atomic E-state index is 0.229. The van der Waals surface area contributed by atoms with Gasteiger partial charge in [-0.15, -0.1) is 0 Å². The number of hydrogen-bond donors (Lipinski definition) is 1. The molecule has 3 atom stereocenters. The fourth-order valence-corrected chi connectivity index (χ4v) is 4.22. The van der Waals surface area contributed by atoms with Crippen LogP contribution in [0.1, 0.15) is 49.9 Å². The second-order valence-corrected chi connectivity index (χ2v) is 6.51. The fraction of sp³-hybridized carbons (Fsp3) is 0.867. The van der Waals surface area contributed by atoms with Crippen LogP contribution >= 0.6 is 0 Å². The molecule has 2 aliphatic heterocycles. The molecule has 0 bridgehead atoms. The van der Waals surface area contributed by atoms with Gasteiger partial charge in [-0.3, -0.25) is 0 Å². The van der Waals surface area contributed by atoms with Crippen LogP contribution in [0, 0.1) is 11.8 Å². The number of hydrogen-bond acceptors (Lipinski definition) is 6. The Bertz CT molecular complexity index is 498. The average molecular weight is 293 g/mol. The SMILES string of the molecule is COC1(c2noc(C3NCC4CCCC43)n2)CCOCC1. The first-order chi connectivity index (χ1) is 10.3. The first-order valence-electron chi connectivity index (χ1n) is 8.03. The normalized spacial score (nSPS) is 35.0. The molecule has 21 heavy (non-hydrogen) atoms. The van der Waals surface area contributed by atoms with Crippen molar-refractivity contribution in [3.63, 3.8) is 0 Å². The van der Waals surface area contributed by atoms with Crippen molar-refractivity contribution in [2.24, 2.45) is 11.8 Å². The van der Waals surface area contributed by atoms with Gasteiger partial charge in [-0.2, -0.15) is 4.98 Å². The molecule has 6 heteroatoms. The van der Waals surface area contributed by atoms with Crippen LogP contribution in [-0.2, 0) is 15.1 Å². The van der Waals surface area contributed by atoms with Crippen molar-refractivity contribution >= 4 is 0 Å². The lowest BCUT2D eigenvalue weighted by Gasteiger charge is -2.32. The highest BCUT2D eigenvalue weighted by atomic mass is 16.5. The maximum atomic E-state index is 5.74. The van der Waals surface area contributed by atoms with Gasteiger partial charge in [0.05, 0.1) is 6.04 Å². The van der Waals surface area contributed by atoms with E-state index >= 15 is 0 Å². The summed E-state index contributed by atoms with van der Waals surface area (Å²) in [5, 5.41) is 7.79. The monoisotopic (exact) mass is 293 g/mol. The van der Waals surface area contributed by atoms with Crippen molar-refractivity contribution in [1.29, 1.82) is 0 Å². The molecular formula is C15H23N3O3. The van der Waals surface area contributed by atoms with Crippen LogP contribution in [0.3, 0.4) is 0 Å². The molecule has 3 aliphatic rings. The zero-order valence-corrected chi connectivity index (χ0v) is 12.5. The van der Waals surface area contributed by atoms with Gasteiger partial charge in [0.25, 0.3) is 0 Å². The minimum Gasteiger partial charge on any atom is -0.381 e. The molecule has 3 heterocycles. The molecule has 1 saturated carbocycles. The third-order valence-electron chi connectivity index (χ3n) is 5.55. The van der Waals surface area contributed by atoms with Gasteiger partial charge in [-0.05, 0) is 31.2 Å². The van der Waals surface area contributed by atoms with Crippen LogP contribution < -0.4 is 5.32 Å². The Balaban J connectivity index is 1.57. The van der Waals surface area contributed by atoms with E-state index in [9.17, 15) is 0 Å². The van der Waals surface area contributed by atoms with Gasteiger partial charge in [0, 0.05) is 33.2 Å². The Kier molecular flexibility index (Phi) is 3.47. The van der Waals surface area contributed by atoms with Crippen LogP contribution in [0.15, 0.2) is 4.52 Å². The summed E-state index contributed by atoms with van der Waals surface area (Å²) in [7, 11) is 1.72. The minimum atomic E-state index is -0.437. The number of nitrogens with zero attached hydrogens (tertiary/aromatic N) is 2. The van der Waals surface area contributed by atoms with Crippen LogP contribution in [-0.4, -0.2) is 37.0 Å². The highest BCUT2D eigenvalue weighted by Gasteiger charge is 2.44. The summed E-state index contributed by atoms with van der Waals surface area (Å²) < 4.78 is 16.8. The molecule has 0 aromatic carbocycles. The van der Waals surface area contributed by atoms with Gasteiger partial charge in [0.2, 0.25) is 11.7 Å². The molecule has 116 valence electrons. The highest BCUT2D eigenvalue weighted by molar-refractivity contribution is 5.08. The van der Waals surface area contributed by atoms with Crippen LogP contribution in [0.25, 0.3) is 0 Å². The maximum Gasteiger partial charge on any atom is 0.244 e. The van der Waals surface area contributed by atoms with Crippen molar-refractivity contribution in [2.75, 3.05) is 26.9 Å². The number of ether oxygens (including phenoxy) is 2. The average Bonchev–Trinajstić information content (AvgIpc) is 3.23. The van der Waals surface area contributed by atoms with Gasteiger partial charge in [-0.25, -0.2) is 0 Å². The van der Waals surface area contributed by atoms with E-state index in [1.807, 2.05) is 0 Å². The Morgan fingerprint density at radius 3 is 2.95 bits per heavy atom. The Morgan fingerprint density at radius 2 is 2.14 bits per heavy atom. The molecule has 3 unspecified atom stereocenters. The van der Waals surface area contributed by atoms with E-state index in [1.54, 1.807) is 7.11 Å². The summed E-state index contributed by atoms with van der Waals surface area (Å²) in [6.45, 7) is 2.45. The maximum absolute atomic E-state index is 5.74. The van der Waals surface area contributed by atoms with E-state index in [-0.39, 0.29) is 6.04 Å². The largest absolute Gasteiger partial charge is 0.381 e. The molecule has 4 rings (SSSR count). The molecule has 3 fully saturated rings. The molecule has 0 spiro atoms. The number of nitrogens with one attached hydrogen (secondary N) is 1. The van der Waals surface area contributed by atoms with Crippen molar-refractivity contribution in [3.05, 3.63) is 11.7 Å². The second-order valence-electron chi connectivity index (χ2n) is 6.51. The molecule has 1 aromatic rings. The standard InChI is InChI=1S/C15H23N3O3/c1-19-15(5-7-20-8-6-15)14-17-13(21-18-14)12-11-4-2-3-10(11)9-16-12/h10-12,16H,2-9H2,1H3. The summed E-state index contributed by atoms with van der Waals surface area (Å²) in [6, 6.07) is 0.229. The lowest BCUT2D eigenvalue weighted by molar-refractivity contribution is -0.101. The first kappa shape index (κ1) is 13.7. The quantitative estimate of drug-likeness (QED) is 0.916. The molecule has 1 aromatic heterocycles. The number of fused-ring (bicyclic) bond motifs is 1. The summed E-state index contributed by atoms with van der Waals surface area (Å²) in [5.74, 6) is 2.87. The van der Waals surface area contributed by atoms with E-state index in [2.05, 4.69) is 10.5 Å². The van der Waals surface area contributed by atoms with E-state index < -0.39 is 5.60 Å². The van der Waals surface area contributed by atoms with Crippen LogP contribution in [0.4, 0.5) is 0 Å². The highest BCUT2D eigenvalue weighted by Crippen LogP contribution is 2.44. The van der Waals surface area contributed by atoms with Crippen molar-refractivity contribution in [2.45, 2.75) is 43.7 Å². The number of rotatable bonds is 3. The lowest BCUT2D eigenvalue weighted by Crippen LogP contribution is -2.36. The molecule has 6 nitrogen and oxygen atoms in total. The Labute approximate surface area is 124 Å². The summed E-state index contributed by atoms with van der Waals surface area (Å²) in [4.78, 5) is 4.70. The van der Waals surface area contributed by atoms with Crippen LogP contribution in [0.2, 0.25) is 0 Å². The number of aromatic nitrogens is 2. The van der Waals surface area contributed by atoms with Gasteiger partial charge in [0.15, 0.2) is 0 Å². The van der Waals surface area contributed by atoms with Crippen molar-refractivity contribution < 1.29 is 14.0 Å². The second kappa shape index (κ2) is 5.34. The van der Waals surface area contributed by atoms with Gasteiger partial charge in [0.1, 0.15) is 5.60 Å². The van der Waals surface area contributed by atoms with E-state index in [0.717, 1.165) is 31.2 Å². The van der Waals surface area contributed by atoms with Crippen molar-refractivity contribution in [3.8, 4) is 0 Å². The van der Waals surface area contributed by atoms with Crippen molar-refractivity contribution in [1.82, 2.24) is 15.5 Å². The van der Waals surface area contributed by atoms with E-state index in [0.29, 0.717) is 25.0 Å². The third-order valence-corrected chi connectivity index (χ3v) is 5.55. The molecule has 1 aliphatic carbocycles. The van der Waals surface area contributed by atoms with Gasteiger partial charge >= 0.3 is 0 Å². The zero-order valence-electron chi connectivity index (χ0n) is 12.5. The van der Waals surface area contributed by atoms with E-state index in [1.165, 1.54) is 19.3 Å². The lowest BCUT2D eigenvalue weighted by atomic mass is 9.92. The third kappa shape index (κ3) is 2.20. The molecule has 1 N–H and O–H groups in total. The van der Waals surface area contributed by atoms with Crippen LogP contribution in [0.5, 0.6) is 0 Å². The fourth-order valence-electron chi connectivity index (χ4n) is 4.22. The Hall–Kier alpha value is -0.980. The van der Waals surface area contributed by atoms with Gasteiger partial charge in [-0.1, -0.05) is 11.6 Å². The summed E-state index contributed by atoms with van der Waals surface area (Å²) in [5.41, 5.74) is -0.437.